The fraction of sp³-hybridized carbons (Fsp3) is 0.292. The van der Waals surface area contributed by atoms with Crippen LogP contribution in [0.5, 0.6) is 0 Å². The van der Waals surface area contributed by atoms with Crippen LogP contribution in [0.4, 0.5) is 5.69 Å². The highest BCUT2D eigenvalue weighted by atomic mass is 28.3. The van der Waals surface area contributed by atoms with Crippen molar-refractivity contribution >= 4 is 57.7 Å². The summed E-state index contributed by atoms with van der Waals surface area (Å²) >= 11 is 0. The molecule has 2 aliphatic heterocycles. The van der Waals surface area contributed by atoms with Crippen LogP contribution in [0, 0.1) is 0 Å². The second-order valence-electron chi connectivity index (χ2n) is 16.5. The van der Waals surface area contributed by atoms with E-state index in [0.717, 1.165) is 24.3 Å². The first-order valence-corrected chi connectivity index (χ1v) is 22.2. The predicted molar refractivity (Wildman–Crippen MR) is 230 cm³/mol. The Kier molecular flexibility index (Phi) is 8.49. The third-order valence-corrected chi connectivity index (χ3v) is 15.2. The first-order chi connectivity index (χ1) is 25.3. The van der Waals surface area contributed by atoms with Crippen LogP contribution in [0.1, 0.15) is 55.5 Å². The molecule has 1 aliphatic carbocycles. The molecule has 0 aromatic heterocycles. The lowest BCUT2D eigenvalue weighted by atomic mass is 9.85. The predicted octanol–water partition coefficient (Wildman–Crippen LogP) is 9.89. The Morgan fingerprint density at radius 2 is 1.42 bits per heavy atom. The molecule has 4 nitrogen and oxygen atoms in total. The molecule has 0 radical (unpaired) electrons. The van der Waals surface area contributed by atoms with Crippen molar-refractivity contribution in [2.24, 2.45) is 4.99 Å². The van der Waals surface area contributed by atoms with Gasteiger partial charge in [-0.2, -0.15) is 0 Å². The van der Waals surface area contributed by atoms with Crippen molar-refractivity contribution in [1.82, 2.24) is 0 Å². The Bertz CT molecular complexity index is 2520. The van der Waals surface area contributed by atoms with Gasteiger partial charge in [0.1, 0.15) is 28.8 Å². The highest BCUT2D eigenvalue weighted by molar-refractivity contribution is 6.98. The van der Waals surface area contributed by atoms with Crippen LogP contribution < -0.4 is 10.1 Å². The van der Waals surface area contributed by atoms with Gasteiger partial charge in [0.15, 0.2) is 5.71 Å². The molecular weight excluding hydrogens is 663 g/mol. The molecule has 0 unspecified atom stereocenters. The van der Waals surface area contributed by atoms with Crippen LogP contribution in [-0.2, 0) is 17.6 Å². The van der Waals surface area contributed by atoms with Gasteiger partial charge in [-0.3, -0.25) is 0 Å². The maximum Gasteiger partial charge on any atom is 0.216 e. The summed E-state index contributed by atoms with van der Waals surface area (Å²) in [6.45, 7) is 14.5. The van der Waals surface area contributed by atoms with Crippen molar-refractivity contribution in [3.63, 3.8) is 0 Å². The summed E-state index contributed by atoms with van der Waals surface area (Å²) in [4.78, 5) is 7.33. The van der Waals surface area contributed by atoms with Crippen molar-refractivity contribution in [2.45, 2.75) is 59.2 Å². The van der Waals surface area contributed by atoms with E-state index in [0.29, 0.717) is 6.61 Å². The largest absolute Gasteiger partial charge is 0.475 e. The molecule has 0 amide bonds. The fourth-order valence-electron chi connectivity index (χ4n) is 8.78. The minimum absolute atomic E-state index is 0.264. The number of rotatable bonds is 6. The first kappa shape index (κ1) is 35.0. The Hall–Kier alpha value is -5.00. The number of aryl methyl sites for hydroxylation is 2. The average Bonchev–Trinajstić information content (AvgIpc) is 3.52. The molecule has 2 heterocycles. The fourth-order valence-corrected chi connectivity index (χ4v) is 11.9. The van der Waals surface area contributed by atoms with Gasteiger partial charge in [0.25, 0.3) is 0 Å². The van der Waals surface area contributed by atoms with E-state index in [2.05, 4.69) is 176 Å². The van der Waals surface area contributed by atoms with Gasteiger partial charge < -0.3 is 9.64 Å². The lowest BCUT2D eigenvalue weighted by Crippen LogP contribution is -2.49. The van der Waals surface area contributed by atoms with Crippen molar-refractivity contribution in [3.05, 3.63) is 136 Å². The minimum Gasteiger partial charge on any atom is -0.475 e. The van der Waals surface area contributed by atoms with Gasteiger partial charge in [0.2, 0.25) is 5.90 Å². The number of hydrogen-bond donors (Lipinski definition) is 0. The van der Waals surface area contributed by atoms with Gasteiger partial charge >= 0.3 is 0 Å². The maximum atomic E-state index is 6.37. The summed E-state index contributed by atoms with van der Waals surface area (Å²) in [5.74, 6) is 0.727. The van der Waals surface area contributed by atoms with Crippen LogP contribution in [-0.4, -0.2) is 64.6 Å². The molecule has 0 spiro atoms. The van der Waals surface area contributed by atoms with Crippen molar-refractivity contribution in [1.29, 1.82) is 0 Å². The Labute approximate surface area is 316 Å². The molecule has 53 heavy (non-hydrogen) atoms. The molecule has 3 aliphatic rings. The number of hydrogen-bond acceptors (Lipinski definition) is 3. The Morgan fingerprint density at radius 1 is 0.755 bits per heavy atom. The van der Waals surface area contributed by atoms with Crippen LogP contribution in [0.2, 0.25) is 13.1 Å². The minimum atomic E-state index is -2.09. The molecule has 5 aromatic carbocycles. The first-order valence-electron chi connectivity index (χ1n) is 19.2. The van der Waals surface area contributed by atoms with E-state index in [9.17, 15) is 0 Å². The zero-order valence-corrected chi connectivity index (χ0v) is 34.1. The van der Waals surface area contributed by atoms with Crippen molar-refractivity contribution in [3.8, 4) is 11.1 Å². The molecule has 0 fully saturated rings. The highest BCUT2D eigenvalue weighted by Gasteiger charge is 2.41. The quantitative estimate of drug-likeness (QED) is 0.0996. The second-order valence-corrected chi connectivity index (χ2v) is 20.9. The number of allylic oxidation sites excluding steroid dienone is 5. The van der Waals surface area contributed by atoms with E-state index in [1.165, 1.54) is 87.9 Å². The molecule has 268 valence electrons. The normalized spacial score (nSPS) is 17.1. The zero-order valence-electron chi connectivity index (χ0n) is 33.1. The number of benzene rings is 5. The van der Waals surface area contributed by atoms with E-state index in [1.807, 2.05) is 0 Å². The second kappa shape index (κ2) is 12.8. The molecular formula is C48H52N3OSi+. The number of nitrogens with zero attached hydrogens (tertiary/aromatic N) is 3. The summed E-state index contributed by atoms with van der Waals surface area (Å²) in [5.41, 5.74) is 13.6. The van der Waals surface area contributed by atoms with E-state index >= 15 is 0 Å². The summed E-state index contributed by atoms with van der Waals surface area (Å²) in [5, 5.41) is 8.41. The number of ether oxygens (including phenoxy) is 1. The van der Waals surface area contributed by atoms with E-state index in [4.69, 9.17) is 9.73 Å². The van der Waals surface area contributed by atoms with E-state index in [-0.39, 0.29) is 5.54 Å². The van der Waals surface area contributed by atoms with Crippen LogP contribution >= 0.6 is 0 Å². The van der Waals surface area contributed by atoms with Crippen LogP contribution in [0.25, 0.3) is 38.2 Å². The molecule has 0 N–H and O–H groups in total. The molecule has 0 bridgehead atoms. The van der Waals surface area contributed by atoms with E-state index < -0.39 is 8.07 Å². The summed E-state index contributed by atoms with van der Waals surface area (Å²) in [7, 11) is 6.47. The number of aliphatic imine (C=N–C) groups is 1. The molecule has 0 atom stereocenters. The standard InChI is InChI=1S/C48H52N3OSi/c1-11-36-38-15-13-14-16-39(38)37(12-2)43-26-30(17-20-40(36)43)31-23-32(25-33(24-31)47-49-48(3,4)29-52-47)46-41-21-18-34(50(5)6)27-44(41)53(9,10)45-28-35(51(7)8)19-22-42(45)46/h13-28H,11-12,29H2,1-10H3/q+1. The van der Waals surface area contributed by atoms with Gasteiger partial charge in [-0.1, -0.05) is 69.4 Å². The molecule has 5 heteroatoms. The van der Waals surface area contributed by atoms with Gasteiger partial charge in [0, 0.05) is 37.5 Å². The molecule has 5 aromatic rings. The summed E-state index contributed by atoms with van der Waals surface area (Å²) in [6.07, 6.45) is 9.08. The average molecular weight is 715 g/mol. The van der Waals surface area contributed by atoms with E-state index in [1.54, 1.807) is 0 Å². The summed E-state index contributed by atoms with van der Waals surface area (Å²) in [6, 6.07) is 30.2. The Balaban J connectivity index is 1.43. The third kappa shape index (κ3) is 5.81. The Morgan fingerprint density at radius 3 is 2.06 bits per heavy atom. The third-order valence-electron chi connectivity index (χ3n) is 11.6. The van der Waals surface area contributed by atoms with Gasteiger partial charge in [0.05, 0.1) is 5.54 Å². The van der Waals surface area contributed by atoms with Crippen molar-refractivity contribution in [2.75, 3.05) is 39.7 Å². The number of fused-ring (bicyclic) bond motifs is 4. The molecule has 0 saturated carbocycles. The lowest BCUT2D eigenvalue weighted by Gasteiger charge is -2.38. The van der Waals surface area contributed by atoms with Crippen molar-refractivity contribution < 1.29 is 9.31 Å². The zero-order chi connectivity index (χ0) is 37.4. The maximum absolute atomic E-state index is 6.37. The van der Waals surface area contributed by atoms with Gasteiger partial charge in [-0.15, -0.1) is 0 Å². The van der Waals surface area contributed by atoms with Crippen LogP contribution in [0.3, 0.4) is 0 Å². The van der Waals surface area contributed by atoms with Crippen LogP contribution in [0.15, 0.2) is 113 Å². The topological polar surface area (TPSA) is 27.8 Å². The van der Waals surface area contributed by atoms with Gasteiger partial charge in [-0.25, -0.2) is 9.57 Å². The highest BCUT2D eigenvalue weighted by Crippen LogP contribution is 2.44. The molecule has 8 rings (SSSR count). The number of anilines is 1. The molecule has 0 saturated heterocycles. The van der Waals surface area contributed by atoms with Gasteiger partial charge in [-0.05, 0) is 146 Å². The lowest BCUT2D eigenvalue weighted by molar-refractivity contribution is -0.462. The summed E-state index contributed by atoms with van der Waals surface area (Å²) < 4.78 is 8.59. The monoisotopic (exact) mass is 714 g/mol. The smallest absolute Gasteiger partial charge is 0.216 e. The SMILES string of the molecule is CCc1c2ccccc2c(CC)c2cc(-c3cc(C4=NC(C)(C)CO4)cc(C4=C5C=CC(=[N+](C)C)C=C5[Si](C)(C)c5cc(N(C)C)ccc54)c3)ccc12.